The van der Waals surface area contributed by atoms with Crippen molar-refractivity contribution in [1.82, 2.24) is 4.90 Å². The molecule has 0 saturated carbocycles. The maximum atomic E-state index is 12.3. The molecule has 2 atom stereocenters. The van der Waals surface area contributed by atoms with Gasteiger partial charge in [-0.05, 0) is 33.1 Å². The van der Waals surface area contributed by atoms with Crippen LogP contribution in [0.15, 0.2) is 0 Å². The zero-order valence-corrected chi connectivity index (χ0v) is 13.2. The summed E-state index contributed by atoms with van der Waals surface area (Å²) in [5.74, 6) is 0.357. The van der Waals surface area contributed by atoms with Gasteiger partial charge in [0.1, 0.15) is 0 Å². The van der Waals surface area contributed by atoms with Crippen molar-refractivity contribution < 1.29 is 4.79 Å². The topological polar surface area (TPSA) is 20.3 Å². The Kier molecular flexibility index (Phi) is 10.1. The number of hydrogen-bond donors (Lipinski definition) is 0. The highest BCUT2D eigenvalue weighted by Crippen LogP contribution is 2.15. The second-order valence-electron chi connectivity index (χ2n) is 5.48. The Morgan fingerprint density at radius 1 is 0.889 bits per heavy atom. The molecule has 0 aliphatic carbocycles. The molecule has 0 heterocycles. The predicted octanol–water partition coefficient (Wildman–Crippen LogP) is 4.77. The molecule has 108 valence electrons. The number of nitrogens with zero attached hydrogens (tertiary/aromatic N) is 1. The third kappa shape index (κ3) is 6.42. The van der Waals surface area contributed by atoms with Gasteiger partial charge >= 0.3 is 0 Å². The van der Waals surface area contributed by atoms with Crippen molar-refractivity contribution in [3.05, 3.63) is 0 Å². The minimum absolute atomic E-state index is 0.357. The Labute approximate surface area is 114 Å². The molecule has 0 aromatic rings. The molecule has 18 heavy (non-hydrogen) atoms. The summed E-state index contributed by atoms with van der Waals surface area (Å²) in [4.78, 5) is 14.4. The molecule has 0 aliphatic rings. The molecule has 0 saturated heterocycles. The highest BCUT2D eigenvalue weighted by atomic mass is 16.2. The van der Waals surface area contributed by atoms with Crippen LogP contribution in [0, 0.1) is 0 Å². The van der Waals surface area contributed by atoms with E-state index in [0.29, 0.717) is 18.0 Å². The molecule has 0 bridgehead atoms. The Bertz CT molecular complexity index is 205. The maximum Gasteiger partial charge on any atom is 0.223 e. The Morgan fingerprint density at radius 3 is 1.83 bits per heavy atom. The van der Waals surface area contributed by atoms with Crippen molar-refractivity contribution in [3.63, 3.8) is 0 Å². The minimum atomic E-state index is 0.357. The number of carbonyl (C=O) groups is 1. The van der Waals surface area contributed by atoms with Crippen LogP contribution in [0.1, 0.15) is 86.0 Å². The number of amides is 1. The normalized spacial score (nSPS) is 14.3. The standard InChI is InChI=1S/C16H33NO/c1-6-9-10-11-12-13-16(18)17(14(4)7-2)15(5)8-3/h14-15H,6-13H2,1-5H3/t14-,15-/m1/s1. The van der Waals surface area contributed by atoms with Gasteiger partial charge in [0, 0.05) is 18.5 Å². The van der Waals surface area contributed by atoms with Crippen molar-refractivity contribution in [2.24, 2.45) is 0 Å². The van der Waals surface area contributed by atoms with Crippen molar-refractivity contribution >= 4 is 5.91 Å². The molecule has 0 aliphatic heterocycles. The summed E-state index contributed by atoms with van der Waals surface area (Å²) < 4.78 is 0. The molecule has 0 fully saturated rings. The second-order valence-corrected chi connectivity index (χ2v) is 5.48. The van der Waals surface area contributed by atoms with Crippen LogP contribution in [0.4, 0.5) is 0 Å². The van der Waals surface area contributed by atoms with Crippen molar-refractivity contribution in [3.8, 4) is 0 Å². The van der Waals surface area contributed by atoms with Crippen LogP contribution in [0.5, 0.6) is 0 Å². The van der Waals surface area contributed by atoms with Crippen molar-refractivity contribution in [2.75, 3.05) is 0 Å². The lowest BCUT2D eigenvalue weighted by molar-refractivity contribution is -0.135. The molecule has 0 radical (unpaired) electrons. The van der Waals surface area contributed by atoms with Gasteiger partial charge in [0.15, 0.2) is 0 Å². The largest absolute Gasteiger partial charge is 0.337 e. The van der Waals surface area contributed by atoms with E-state index in [0.717, 1.165) is 25.7 Å². The molecule has 2 nitrogen and oxygen atoms in total. The molecule has 0 aromatic heterocycles. The van der Waals surface area contributed by atoms with Gasteiger partial charge in [-0.1, -0.05) is 46.5 Å². The van der Waals surface area contributed by atoms with Gasteiger partial charge < -0.3 is 4.90 Å². The third-order valence-corrected chi connectivity index (χ3v) is 3.91. The van der Waals surface area contributed by atoms with E-state index in [-0.39, 0.29) is 0 Å². The summed E-state index contributed by atoms with van der Waals surface area (Å²) in [5.41, 5.74) is 0. The molecule has 0 N–H and O–H groups in total. The van der Waals surface area contributed by atoms with Crippen LogP contribution in [-0.2, 0) is 4.79 Å². The Balaban J connectivity index is 4.13. The van der Waals surface area contributed by atoms with Gasteiger partial charge in [-0.2, -0.15) is 0 Å². The number of hydrogen-bond acceptors (Lipinski definition) is 1. The molecular formula is C16H33NO. The second kappa shape index (κ2) is 10.4. The summed E-state index contributed by atoms with van der Waals surface area (Å²) in [7, 11) is 0. The molecule has 0 aromatic carbocycles. The molecule has 1 amide bonds. The summed E-state index contributed by atoms with van der Waals surface area (Å²) in [5, 5.41) is 0. The van der Waals surface area contributed by atoms with Crippen molar-refractivity contribution in [2.45, 2.75) is 98.1 Å². The van der Waals surface area contributed by atoms with E-state index >= 15 is 0 Å². The zero-order valence-electron chi connectivity index (χ0n) is 13.2. The van der Waals surface area contributed by atoms with Crippen LogP contribution in [0.3, 0.4) is 0 Å². The van der Waals surface area contributed by atoms with Gasteiger partial charge in [-0.15, -0.1) is 0 Å². The molecule has 0 spiro atoms. The van der Waals surface area contributed by atoms with Gasteiger partial charge in [0.2, 0.25) is 5.91 Å². The highest BCUT2D eigenvalue weighted by Gasteiger charge is 2.22. The summed E-state index contributed by atoms with van der Waals surface area (Å²) in [6.45, 7) is 10.9. The van der Waals surface area contributed by atoms with Crippen LogP contribution in [0.2, 0.25) is 0 Å². The Morgan fingerprint density at radius 2 is 1.39 bits per heavy atom. The predicted molar refractivity (Wildman–Crippen MR) is 79.7 cm³/mol. The van der Waals surface area contributed by atoms with Gasteiger partial charge in [0.05, 0.1) is 0 Å². The van der Waals surface area contributed by atoms with E-state index in [1.54, 1.807) is 0 Å². The van der Waals surface area contributed by atoms with Gasteiger partial charge in [-0.3, -0.25) is 4.79 Å². The molecule has 0 unspecified atom stereocenters. The van der Waals surface area contributed by atoms with Gasteiger partial charge in [0.25, 0.3) is 0 Å². The molecular weight excluding hydrogens is 222 g/mol. The fourth-order valence-electron chi connectivity index (χ4n) is 2.33. The average Bonchev–Trinajstić information content (AvgIpc) is 2.38. The highest BCUT2D eigenvalue weighted by molar-refractivity contribution is 5.76. The number of unbranched alkanes of at least 4 members (excludes halogenated alkanes) is 4. The van der Waals surface area contributed by atoms with Crippen LogP contribution >= 0.6 is 0 Å². The first kappa shape index (κ1) is 17.5. The van der Waals surface area contributed by atoms with E-state index in [1.165, 1.54) is 25.7 Å². The first-order valence-corrected chi connectivity index (χ1v) is 7.89. The van der Waals surface area contributed by atoms with Crippen LogP contribution in [0.25, 0.3) is 0 Å². The van der Waals surface area contributed by atoms with E-state index < -0.39 is 0 Å². The quantitative estimate of drug-likeness (QED) is 0.515. The molecule has 0 rings (SSSR count). The fraction of sp³-hybridized carbons (Fsp3) is 0.938. The van der Waals surface area contributed by atoms with Crippen LogP contribution < -0.4 is 0 Å². The minimum Gasteiger partial charge on any atom is -0.337 e. The van der Waals surface area contributed by atoms with E-state index in [4.69, 9.17) is 0 Å². The Hall–Kier alpha value is -0.530. The monoisotopic (exact) mass is 255 g/mol. The lowest BCUT2D eigenvalue weighted by atomic mass is 10.1. The summed E-state index contributed by atoms with van der Waals surface area (Å²) in [6.07, 6.45) is 8.93. The average molecular weight is 255 g/mol. The number of carbonyl (C=O) groups excluding carboxylic acids is 1. The molecule has 2 heteroatoms. The first-order chi connectivity index (χ1) is 8.58. The lowest BCUT2D eigenvalue weighted by Crippen LogP contribution is -2.44. The zero-order chi connectivity index (χ0) is 14.0. The maximum absolute atomic E-state index is 12.3. The lowest BCUT2D eigenvalue weighted by Gasteiger charge is -2.34. The van der Waals surface area contributed by atoms with E-state index in [2.05, 4.69) is 39.5 Å². The van der Waals surface area contributed by atoms with E-state index in [9.17, 15) is 4.79 Å². The first-order valence-electron chi connectivity index (χ1n) is 7.89. The van der Waals surface area contributed by atoms with E-state index in [1.807, 2.05) is 0 Å². The number of rotatable bonds is 10. The SMILES string of the molecule is CCCCCCCC(=O)N([C@H](C)CC)[C@H](C)CC. The van der Waals surface area contributed by atoms with Gasteiger partial charge in [-0.25, -0.2) is 0 Å². The third-order valence-electron chi connectivity index (χ3n) is 3.91. The summed E-state index contributed by atoms with van der Waals surface area (Å²) >= 11 is 0. The smallest absolute Gasteiger partial charge is 0.223 e. The van der Waals surface area contributed by atoms with Crippen LogP contribution in [-0.4, -0.2) is 22.9 Å². The summed E-state index contributed by atoms with van der Waals surface area (Å²) in [6, 6.07) is 0.756. The van der Waals surface area contributed by atoms with Crippen molar-refractivity contribution in [1.29, 1.82) is 0 Å². The fourth-order valence-corrected chi connectivity index (χ4v) is 2.33.